The molecule has 0 bridgehead atoms. The molecule has 3 heteroatoms. The van der Waals surface area contributed by atoms with E-state index >= 15 is 0 Å². The monoisotopic (exact) mass is 703 g/mol. The van der Waals surface area contributed by atoms with Crippen LogP contribution in [0.25, 0.3) is 44.2 Å². The molecule has 0 radical (unpaired) electrons. The third-order valence-electron chi connectivity index (χ3n) is 9.15. The number of hydrogen-bond donors (Lipinski definition) is 0. The van der Waals surface area contributed by atoms with Crippen molar-refractivity contribution >= 4 is 58.5 Å². The second-order valence-electron chi connectivity index (χ2n) is 12.8. The van der Waals surface area contributed by atoms with Gasteiger partial charge in [-0.25, -0.2) is 0 Å². The molecule has 0 spiro atoms. The summed E-state index contributed by atoms with van der Waals surface area (Å²) in [4.78, 5) is 5.48. The molecule has 0 saturated carbocycles. The normalized spacial score (nSPS) is 13.2. The maximum atomic E-state index is 6.82. The van der Waals surface area contributed by atoms with Gasteiger partial charge in [-0.2, -0.15) is 0 Å². The van der Waals surface area contributed by atoms with Gasteiger partial charge in [0.1, 0.15) is 0 Å². The van der Waals surface area contributed by atoms with Crippen LogP contribution >= 0.6 is 0 Å². The second-order valence-corrected chi connectivity index (χ2v) is 18.6. The summed E-state index contributed by atoms with van der Waals surface area (Å²) in [5, 5.41) is 2.30. The second kappa shape index (κ2) is 11.8. The van der Waals surface area contributed by atoms with E-state index in [1.54, 1.807) is 3.51 Å². The molecule has 224 valence electrons. The zero-order valence-electron chi connectivity index (χ0n) is 26.7. The molecule has 1 aliphatic rings. The Bertz CT molecular complexity index is 2230. The first-order valence-electron chi connectivity index (χ1n) is 16.2. The summed E-state index contributed by atoms with van der Waals surface area (Å²) in [5.41, 5.74) is 12.0. The summed E-state index contributed by atoms with van der Waals surface area (Å²) >= 11 is -2.65. The molecule has 7 aromatic rings. The molecule has 0 saturated heterocycles. The van der Waals surface area contributed by atoms with Gasteiger partial charge in [-0.05, 0) is 0 Å². The molecule has 0 fully saturated rings. The van der Waals surface area contributed by atoms with Gasteiger partial charge >= 0.3 is 280 Å². The topological polar surface area (TPSA) is 25.5 Å². The minimum atomic E-state index is -2.65. The summed E-state index contributed by atoms with van der Waals surface area (Å²) in [5.74, 6) is 0.765. The Morgan fingerprint density at radius 3 is 1.85 bits per heavy atom. The van der Waals surface area contributed by atoms with Crippen LogP contribution in [-0.4, -0.2) is 23.9 Å². The number of furan rings is 1. The first-order chi connectivity index (χ1) is 22.5. The molecule has 46 heavy (non-hydrogen) atoms. The van der Waals surface area contributed by atoms with Crippen LogP contribution in [0.1, 0.15) is 56.2 Å². The summed E-state index contributed by atoms with van der Waals surface area (Å²) in [6.45, 7) is 9.39. The average Bonchev–Trinajstić information content (AvgIpc) is 3.66. The predicted molar refractivity (Wildman–Crippen MR) is 197 cm³/mol. The van der Waals surface area contributed by atoms with Crippen LogP contribution in [0.4, 0.5) is 5.69 Å². The fourth-order valence-corrected chi connectivity index (χ4v) is 15.6. The van der Waals surface area contributed by atoms with Gasteiger partial charge < -0.3 is 0 Å². The van der Waals surface area contributed by atoms with E-state index in [1.807, 2.05) is 0 Å². The first-order valence-corrected chi connectivity index (χ1v) is 20.0. The number of nitrogens with zero attached hydrogens (tertiary/aromatic N) is 1. The fourth-order valence-electron chi connectivity index (χ4n) is 6.83. The van der Waals surface area contributed by atoms with Crippen molar-refractivity contribution in [2.45, 2.75) is 39.5 Å². The van der Waals surface area contributed by atoms with Gasteiger partial charge in [0.2, 0.25) is 0 Å². The molecular formula is C43H36NOSb. The number of para-hydroxylation sites is 2. The number of fused-ring (bicyclic) bond motifs is 4. The van der Waals surface area contributed by atoms with E-state index in [4.69, 9.17) is 9.41 Å². The quantitative estimate of drug-likeness (QED) is 0.158. The molecule has 0 N–H and O–H groups in total. The Balaban J connectivity index is 1.36. The van der Waals surface area contributed by atoms with Crippen molar-refractivity contribution in [1.82, 2.24) is 0 Å². The van der Waals surface area contributed by atoms with Crippen LogP contribution in [0, 0.1) is 0 Å². The summed E-state index contributed by atoms with van der Waals surface area (Å²) in [6, 6.07) is 48.4. The zero-order chi connectivity index (χ0) is 31.4. The van der Waals surface area contributed by atoms with Gasteiger partial charge in [0, 0.05) is 0 Å². The van der Waals surface area contributed by atoms with Crippen molar-refractivity contribution < 1.29 is 4.42 Å². The number of rotatable bonds is 6. The van der Waals surface area contributed by atoms with Crippen LogP contribution < -0.4 is 7.02 Å². The van der Waals surface area contributed by atoms with Crippen LogP contribution in [0.15, 0.2) is 143 Å². The van der Waals surface area contributed by atoms with E-state index in [9.17, 15) is 0 Å². The standard InChI is InChI=1S/C25H15NO.C18H21.Sb/c1-3-8-18(9-4-1)19-14-15-22-23-13-7-10-20(25(23)27-24(22)16-19)17-26-21-11-5-2-6-12-21;1-13(2)16-10-17(14(3)4)12-18(11-16)15-8-6-5-7-9-15;/h1-11,13-16H;5-9,11-14H,1-4H3;. The van der Waals surface area contributed by atoms with E-state index in [0.717, 1.165) is 38.8 Å². The average molecular weight is 705 g/mol. The van der Waals surface area contributed by atoms with Crippen molar-refractivity contribution in [2.75, 3.05) is 0 Å². The molecule has 0 amide bonds. The molecule has 2 nitrogen and oxygen atoms in total. The summed E-state index contributed by atoms with van der Waals surface area (Å²) in [6.07, 6.45) is 0. The van der Waals surface area contributed by atoms with Crippen LogP contribution in [-0.2, 0) is 0 Å². The Morgan fingerprint density at radius 1 is 0.543 bits per heavy atom. The molecule has 0 atom stereocenters. The van der Waals surface area contributed by atoms with Crippen LogP contribution in [0.3, 0.4) is 0 Å². The molecule has 0 aliphatic carbocycles. The van der Waals surface area contributed by atoms with Crippen molar-refractivity contribution in [1.29, 1.82) is 0 Å². The van der Waals surface area contributed by atoms with Gasteiger partial charge in [-0.15, -0.1) is 0 Å². The van der Waals surface area contributed by atoms with E-state index < -0.39 is 20.2 Å². The molecular weight excluding hydrogens is 668 g/mol. The predicted octanol–water partition coefficient (Wildman–Crippen LogP) is 10.4. The number of benzene rings is 6. The van der Waals surface area contributed by atoms with Crippen LogP contribution in [0.2, 0.25) is 0 Å². The Morgan fingerprint density at radius 2 is 1.17 bits per heavy atom. The van der Waals surface area contributed by atoms with Gasteiger partial charge in [-0.3, -0.25) is 0 Å². The number of hydrogen-bond acceptors (Lipinski definition) is 2. The van der Waals surface area contributed by atoms with E-state index in [2.05, 4.69) is 161 Å². The molecule has 0 unspecified atom stereocenters. The van der Waals surface area contributed by atoms with E-state index in [1.165, 1.54) is 35.0 Å². The Hall–Kier alpha value is -4.39. The van der Waals surface area contributed by atoms with Gasteiger partial charge in [0.25, 0.3) is 0 Å². The molecule has 6 aromatic carbocycles. The SMILES string of the molecule is CC(C)c1cc(-c2ccccc2)cc(C(C)C)[c]1[Sb]1[C](c2cccc3c2oc2cc(-c4ccccc4)ccc23)=Nc2cccc[c]21. The van der Waals surface area contributed by atoms with E-state index in [0.29, 0.717) is 11.8 Å². The third-order valence-corrected chi connectivity index (χ3v) is 16.5. The number of aliphatic imine (C=N–C) groups is 1. The molecule has 1 aliphatic heterocycles. The third kappa shape index (κ3) is 4.91. The molecule has 1 aromatic heterocycles. The summed E-state index contributed by atoms with van der Waals surface area (Å²) < 4.78 is 11.1. The van der Waals surface area contributed by atoms with Crippen molar-refractivity contribution in [3.05, 3.63) is 150 Å². The van der Waals surface area contributed by atoms with Gasteiger partial charge in [0.15, 0.2) is 0 Å². The van der Waals surface area contributed by atoms with E-state index in [-0.39, 0.29) is 0 Å². The Labute approximate surface area is 278 Å². The van der Waals surface area contributed by atoms with Crippen molar-refractivity contribution in [2.24, 2.45) is 4.99 Å². The van der Waals surface area contributed by atoms with Crippen molar-refractivity contribution in [3.8, 4) is 22.3 Å². The summed E-state index contributed by atoms with van der Waals surface area (Å²) in [7, 11) is 0. The van der Waals surface area contributed by atoms with Gasteiger partial charge in [0.05, 0.1) is 0 Å². The maximum absolute atomic E-state index is 6.82. The van der Waals surface area contributed by atoms with Gasteiger partial charge in [-0.1, -0.05) is 0 Å². The molecule has 2 heterocycles. The minimum absolute atomic E-state index is 0.382. The Kier molecular flexibility index (Phi) is 7.42. The zero-order valence-corrected chi connectivity index (χ0v) is 29.2. The fraction of sp³-hybridized carbons (Fsp3) is 0.140. The first kappa shape index (κ1) is 29.0. The molecule has 8 rings (SSSR count). The van der Waals surface area contributed by atoms with Crippen LogP contribution in [0.5, 0.6) is 0 Å². The van der Waals surface area contributed by atoms with Crippen molar-refractivity contribution in [3.63, 3.8) is 0 Å².